The van der Waals surface area contributed by atoms with E-state index in [0.717, 1.165) is 12.1 Å². The second-order valence-corrected chi connectivity index (χ2v) is 3.51. The van der Waals surface area contributed by atoms with Gasteiger partial charge in [-0.1, -0.05) is 12.6 Å². The van der Waals surface area contributed by atoms with Crippen molar-refractivity contribution in [3.63, 3.8) is 0 Å². The molecule has 0 aliphatic carbocycles. The first-order chi connectivity index (χ1) is 7.50. The molecule has 0 fully saturated rings. The van der Waals surface area contributed by atoms with Crippen molar-refractivity contribution in [3.05, 3.63) is 47.5 Å². The Labute approximate surface area is 92.2 Å². The molecule has 1 N–H and O–H groups in total. The lowest BCUT2D eigenvalue weighted by molar-refractivity contribution is -0.132. The van der Waals surface area contributed by atoms with Gasteiger partial charge >= 0.3 is 5.97 Å². The van der Waals surface area contributed by atoms with Crippen LogP contribution in [-0.2, 0) is 11.2 Å². The molecular formula is C12H12F2O2. The number of benzene rings is 1. The highest BCUT2D eigenvalue weighted by atomic mass is 19.2. The highest BCUT2D eigenvalue weighted by Gasteiger charge is 2.05. The molecule has 86 valence electrons. The first kappa shape index (κ1) is 12.4. The number of carboxylic acid groups (broad SMARTS) is 1. The summed E-state index contributed by atoms with van der Waals surface area (Å²) in [6.07, 6.45) is 1.40. The Morgan fingerprint density at radius 3 is 2.56 bits per heavy atom. The van der Waals surface area contributed by atoms with E-state index in [9.17, 15) is 13.6 Å². The number of hydrogen-bond acceptors (Lipinski definition) is 1. The largest absolute Gasteiger partial charge is 0.478 e. The standard InChI is InChI=1S/C12H12F2O2/c1-8(12(15)16)3-2-4-9-5-6-10(13)11(14)7-9/h5-7H,1-4H2,(H,15,16). The fraction of sp³-hybridized carbons (Fsp3) is 0.250. The van der Waals surface area contributed by atoms with Gasteiger partial charge in [-0.25, -0.2) is 13.6 Å². The van der Waals surface area contributed by atoms with Crippen molar-refractivity contribution in [3.8, 4) is 0 Å². The van der Waals surface area contributed by atoms with Gasteiger partial charge in [0.2, 0.25) is 0 Å². The zero-order valence-corrected chi connectivity index (χ0v) is 8.67. The SMILES string of the molecule is C=C(CCCc1ccc(F)c(F)c1)C(=O)O. The number of hydrogen-bond donors (Lipinski definition) is 1. The van der Waals surface area contributed by atoms with E-state index < -0.39 is 17.6 Å². The third-order valence-corrected chi connectivity index (χ3v) is 2.23. The second kappa shape index (κ2) is 5.39. The fourth-order valence-electron chi connectivity index (χ4n) is 1.31. The van der Waals surface area contributed by atoms with Gasteiger partial charge in [-0.3, -0.25) is 0 Å². The molecule has 4 heteroatoms. The van der Waals surface area contributed by atoms with Gasteiger partial charge in [-0.05, 0) is 37.0 Å². The number of carbonyl (C=O) groups is 1. The van der Waals surface area contributed by atoms with Gasteiger partial charge in [0, 0.05) is 5.57 Å². The number of aryl methyl sites for hydroxylation is 1. The van der Waals surface area contributed by atoms with Gasteiger partial charge in [-0.15, -0.1) is 0 Å². The zero-order chi connectivity index (χ0) is 12.1. The summed E-state index contributed by atoms with van der Waals surface area (Å²) in [7, 11) is 0. The van der Waals surface area contributed by atoms with Crippen LogP contribution in [0.2, 0.25) is 0 Å². The summed E-state index contributed by atoms with van der Waals surface area (Å²) in [5.41, 5.74) is 0.777. The minimum atomic E-state index is -1.02. The van der Waals surface area contributed by atoms with Gasteiger partial charge in [0.15, 0.2) is 11.6 Å². The van der Waals surface area contributed by atoms with Crippen LogP contribution in [0.25, 0.3) is 0 Å². The average molecular weight is 226 g/mol. The molecule has 0 heterocycles. The Bertz CT molecular complexity index is 413. The summed E-state index contributed by atoms with van der Waals surface area (Å²) in [6.45, 7) is 3.38. The van der Waals surface area contributed by atoms with Crippen LogP contribution in [0.1, 0.15) is 18.4 Å². The molecule has 0 saturated carbocycles. The van der Waals surface area contributed by atoms with Crippen LogP contribution in [0, 0.1) is 11.6 Å². The second-order valence-electron chi connectivity index (χ2n) is 3.51. The molecule has 0 radical (unpaired) electrons. The third-order valence-electron chi connectivity index (χ3n) is 2.23. The molecule has 0 aliphatic heterocycles. The van der Waals surface area contributed by atoms with Crippen LogP contribution in [0.4, 0.5) is 8.78 Å². The predicted octanol–water partition coefficient (Wildman–Crippen LogP) is 2.93. The normalized spacial score (nSPS) is 10.1. The molecule has 0 aromatic heterocycles. The van der Waals surface area contributed by atoms with Crippen LogP contribution in [0.5, 0.6) is 0 Å². The predicted molar refractivity (Wildman–Crippen MR) is 56.1 cm³/mol. The van der Waals surface area contributed by atoms with Crippen molar-refractivity contribution in [2.24, 2.45) is 0 Å². The van der Waals surface area contributed by atoms with Gasteiger partial charge in [0.1, 0.15) is 0 Å². The van der Waals surface area contributed by atoms with Gasteiger partial charge in [0.25, 0.3) is 0 Å². The first-order valence-corrected chi connectivity index (χ1v) is 4.85. The minimum absolute atomic E-state index is 0.127. The molecule has 16 heavy (non-hydrogen) atoms. The van der Waals surface area contributed by atoms with E-state index in [-0.39, 0.29) is 5.57 Å². The average Bonchev–Trinajstić information content (AvgIpc) is 2.23. The molecule has 0 unspecified atom stereocenters. The van der Waals surface area contributed by atoms with E-state index in [1.807, 2.05) is 0 Å². The summed E-state index contributed by atoms with van der Waals surface area (Å²) in [6, 6.07) is 3.68. The molecular weight excluding hydrogens is 214 g/mol. The van der Waals surface area contributed by atoms with E-state index in [1.165, 1.54) is 6.07 Å². The Morgan fingerprint density at radius 1 is 1.31 bits per heavy atom. The van der Waals surface area contributed by atoms with Crippen LogP contribution in [-0.4, -0.2) is 11.1 Å². The molecule has 1 rings (SSSR count). The summed E-state index contributed by atoms with van der Waals surface area (Å²) < 4.78 is 25.4. The van der Waals surface area contributed by atoms with Crippen molar-refractivity contribution in [2.75, 3.05) is 0 Å². The monoisotopic (exact) mass is 226 g/mol. The lowest BCUT2D eigenvalue weighted by atomic mass is 10.0. The Balaban J connectivity index is 2.46. The van der Waals surface area contributed by atoms with Gasteiger partial charge < -0.3 is 5.11 Å². The lowest BCUT2D eigenvalue weighted by Gasteiger charge is -2.02. The van der Waals surface area contributed by atoms with E-state index >= 15 is 0 Å². The van der Waals surface area contributed by atoms with Crippen molar-refractivity contribution in [2.45, 2.75) is 19.3 Å². The number of rotatable bonds is 5. The maximum Gasteiger partial charge on any atom is 0.330 e. The van der Waals surface area contributed by atoms with Crippen molar-refractivity contribution in [1.29, 1.82) is 0 Å². The summed E-state index contributed by atoms with van der Waals surface area (Å²) in [5, 5.41) is 8.55. The molecule has 0 amide bonds. The van der Waals surface area contributed by atoms with E-state index in [1.54, 1.807) is 0 Å². The van der Waals surface area contributed by atoms with Crippen LogP contribution < -0.4 is 0 Å². The van der Waals surface area contributed by atoms with Gasteiger partial charge in [-0.2, -0.15) is 0 Å². The smallest absolute Gasteiger partial charge is 0.330 e. The van der Waals surface area contributed by atoms with Crippen LogP contribution in [0.15, 0.2) is 30.4 Å². The number of halogens is 2. The van der Waals surface area contributed by atoms with Crippen LogP contribution in [0.3, 0.4) is 0 Å². The molecule has 1 aromatic carbocycles. The van der Waals surface area contributed by atoms with Crippen molar-refractivity contribution >= 4 is 5.97 Å². The molecule has 1 aromatic rings. The topological polar surface area (TPSA) is 37.3 Å². The summed E-state index contributed by atoms with van der Waals surface area (Å²) in [4.78, 5) is 10.4. The first-order valence-electron chi connectivity index (χ1n) is 4.85. The van der Waals surface area contributed by atoms with E-state index in [4.69, 9.17) is 5.11 Å². The lowest BCUT2D eigenvalue weighted by Crippen LogP contribution is -1.99. The quantitative estimate of drug-likeness (QED) is 0.784. The highest BCUT2D eigenvalue weighted by molar-refractivity contribution is 5.85. The summed E-state index contributed by atoms with van der Waals surface area (Å²) >= 11 is 0. The third kappa shape index (κ3) is 3.46. The fourth-order valence-corrected chi connectivity index (χ4v) is 1.31. The maximum atomic E-state index is 12.8. The molecule has 2 nitrogen and oxygen atoms in total. The zero-order valence-electron chi connectivity index (χ0n) is 8.67. The molecule has 0 aliphatic rings. The minimum Gasteiger partial charge on any atom is -0.478 e. The summed E-state index contributed by atoms with van der Waals surface area (Å²) in [5.74, 6) is -2.78. The van der Waals surface area contributed by atoms with E-state index in [0.29, 0.717) is 24.8 Å². The molecule has 0 atom stereocenters. The molecule has 0 saturated heterocycles. The van der Waals surface area contributed by atoms with Crippen molar-refractivity contribution < 1.29 is 18.7 Å². The number of carboxylic acids is 1. The van der Waals surface area contributed by atoms with Gasteiger partial charge in [0.05, 0.1) is 0 Å². The Morgan fingerprint density at radius 2 is 2.00 bits per heavy atom. The molecule has 0 spiro atoms. The van der Waals surface area contributed by atoms with Crippen molar-refractivity contribution in [1.82, 2.24) is 0 Å². The maximum absolute atomic E-state index is 12.8. The Kier molecular flexibility index (Phi) is 4.17. The Hall–Kier alpha value is -1.71. The highest BCUT2D eigenvalue weighted by Crippen LogP contribution is 2.12. The number of aliphatic carboxylic acids is 1. The van der Waals surface area contributed by atoms with E-state index in [2.05, 4.69) is 6.58 Å². The molecule has 0 bridgehead atoms. The van der Waals surface area contributed by atoms with Crippen LogP contribution >= 0.6 is 0 Å².